The number of ether oxygens (including phenoxy) is 1. The van der Waals surface area contributed by atoms with E-state index in [1.807, 2.05) is 13.0 Å². The minimum Gasteiger partial charge on any atom is -0.490 e. The second-order valence-corrected chi connectivity index (χ2v) is 6.94. The standard InChI is InChI=1S/C19H16Cl2N2O4/c1-11-3-6-15(12(2)9-11)23-18(25)17(24)22(19(23)26)7-8-27-16-10-13(20)4-5-14(16)21/h3-6,9-10H,7-8H2,1-2H3. The van der Waals surface area contributed by atoms with Gasteiger partial charge < -0.3 is 4.74 Å². The Morgan fingerprint density at radius 3 is 2.41 bits per heavy atom. The van der Waals surface area contributed by atoms with E-state index in [0.29, 0.717) is 21.5 Å². The Balaban J connectivity index is 1.73. The predicted octanol–water partition coefficient (Wildman–Crippen LogP) is 3.98. The molecule has 0 aromatic heterocycles. The number of benzene rings is 2. The van der Waals surface area contributed by atoms with Gasteiger partial charge in [-0.05, 0) is 37.6 Å². The Labute approximate surface area is 166 Å². The first-order chi connectivity index (χ1) is 12.8. The second-order valence-electron chi connectivity index (χ2n) is 6.09. The van der Waals surface area contributed by atoms with Crippen molar-refractivity contribution < 1.29 is 19.1 Å². The van der Waals surface area contributed by atoms with E-state index in [1.54, 1.807) is 31.2 Å². The summed E-state index contributed by atoms with van der Waals surface area (Å²) in [6.45, 7) is 3.57. The molecule has 2 aromatic rings. The lowest BCUT2D eigenvalue weighted by Gasteiger charge is -2.18. The molecule has 0 spiro atoms. The number of carbonyl (C=O) groups excluding carboxylic acids is 3. The molecule has 0 unspecified atom stereocenters. The van der Waals surface area contributed by atoms with Gasteiger partial charge in [0.2, 0.25) is 0 Å². The van der Waals surface area contributed by atoms with Crippen molar-refractivity contribution in [3.05, 3.63) is 57.6 Å². The first kappa shape index (κ1) is 19.2. The third-order valence-electron chi connectivity index (χ3n) is 4.11. The summed E-state index contributed by atoms with van der Waals surface area (Å²) in [5.41, 5.74) is 2.11. The summed E-state index contributed by atoms with van der Waals surface area (Å²) in [5, 5.41) is 0.797. The van der Waals surface area contributed by atoms with Crippen LogP contribution in [0, 0.1) is 13.8 Å². The smallest absolute Gasteiger partial charge is 0.339 e. The Hall–Kier alpha value is -2.57. The fourth-order valence-electron chi connectivity index (χ4n) is 2.81. The van der Waals surface area contributed by atoms with Crippen LogP contribution in [0.4, 0.5) is 10.5 Å². The van der Waals surface area contributed by atoms with Crippen LogP contribution in [-0.2, 0) is 9.59 Å². The van der Waals surface area contributed by atoms with Gasteiger partial charge in [-0.1, -0.05) is 40.9 Å². The van der Waals surface area contributed by atoms with Crippen molar-refractivity contribution in [2.45, 2.75) is 13.8 Å². The molecule has 3 rings (SSSR count). The van der Waals surface area contributed by atoms with E-state index >= 15 is 0 Å². The highest BCUT2D eigenvalue weighted by molar-refractivity contribution is 6.52. The van der Waals surface area contributed by atoms with Gasteiger partial charge in [-0.15, -0.1) is 0 Å². The SMILES string of the molecule is Cc1ccc(N2C(=O)C(=O)N(CCOc3cc(Cl)ccc3Cl)C2=O)c(C)c1. The van der Waals surface area contributed by atoms with Crippen molar-refractivity contribution in [3.63, 3.8) is 0 Å². The van der Waals surface area contributed by atoms with E-state index in [0.717, 1.165) is 20.9 Å². The van der Waals surface area contributed by atoms with Gasteiger partial charge in [0.05, 0.1) is 17.3 Å². The van der Waals surface area contributed by atoms with Crippen LogP contribution in [-0.4, -0.2) is 35.9 Å². The van der Waals surface area contributed by atoms with Crippen molar-refractivity contribution in [1.29, 1.82) is 0 Å². The summed E-state index contributed by atoms with van der Waals surface area (Å²) in [6.07, 6.45) is 0. The maximum absolute atomic E-state index is 12.6. The van der Waals surface area contributed by atoms with E-state index in [-0.39, 0.29) is 13.2 Å². The quantitative estimate of drug-likeness (QED) is 0.556. The number of aryl methyl sites for hydroxylation is 2. The van der Waals surface area contributed by atoms with Crippen LogP contribution in [0.3, 0.4) is 0 Å². The molecule has 2 aromatic carbocycles. The molecule has 1 saturated heterocycles. The first-order valence-corrected chi connectivity index (χ1v) is 8.90. The molecule has 0 aliphatic carbocycles. The normalized spacial score (nSPS) is 14.3. The molecule has 1 heterocycles. The number of amides is 4. The van der Waals surface area contributed by atoms with Gasteiger partial charge in [-0.25, -0.2) is 9.69 Å². The van der Waals surface area contributed by atoms with Gasteiger partial charge in [0.25, 0.3) is 0 Å². The molecular weight excluding hydrogens is 391 g/mol. The van der Waals surface area contributed by atoms with E-state index in [2.05, 4.69) is 0 Å². The average molecular weight is 407 g/mol. The van der Waals surface area contributed by atoms with Gasteiger partial charge in [0.15, 0.2) is 0 Å². The van der Waals surface area contributed by atoms with E-state index in [9.17, 15) is 14.4 Å². The number of hydrogen-bond acceptors (Lipinski definition) is 4. The highest BCUT2D eigenvalue weighted by Gasteiger charge is 2.45. The number of halogens is 2. The zero-order valence-corrected chi connectivity index (χ0v) is 16.2. The molecule has 0 atom stereocenters. The van der Waals surface area contributed by atoms with E-state index in [4.69, 9.17) is 27.9 Å². The molecular formula is C19H16Cl2N2O4. The highest BCUT2D eigenvalue weighted by atomic mass is 35.5. The summed E-state index contributed by atoms with van der Waals surface area (Å²) in [7, 11) is 0. The molecule has 0 bridgehead atoms. The number of anilines is 1. The number of urea groups is 1. The topological polar surface area (TPSA) is 66.9 Å². The summed E-state index contributed by atoms with van der Waals surface area (Å²) in [4.78, 5) is 39.0. The van der Waals surface area contributed by atoms with Crippen molar-refractivity contribution in [2.75, 3.05) is 18.1 Å². The van der Waals surface area contributed by atoms with Crippen LogP contribution in [0.15, 0.2) is 36.4 Å². The number of hydrogen-bond donors (Lipinski definition) is 0. The van der Waals surface area contributed by atoms with Crippen LogP contribution in [0.5, 0.6) is 5.75 Å². The van der Waals surface area contributed by atoms with Gasteiger partial charge in [-0.3, -0.25) is 14.5 Å². The minimum absolute atomic E-state index is 0.0223. The second kappa shape index (κ2) is 7.58. The molecule has 4 amide bonds. The van der Waals surface area contributed by atoms with E-state index in [1.165, 1.54) is 6.07 Å². The van der Waals surface area contributed by atoms with E-state index < -0.39 is 17.8 Å². The van der Waals surface area contributed by atoms with Gasteiger partial charge >= 0.3 is 17.8 Å². The van der Waals surface area contributed by atoms with Crippen LogP contribution in [0.2, 0.25) is 10.0 Å². The molecule has 1 aliphatic rings. The molecule has 1 fully saturated rings. The van der Waals surface area contributed by atoms with Crippen LogP contribution < -0.4 is 9.64 Å². The maximum Gasteiger partial charge on any atom is 0.339 e. The number of rotatable bonds is 5. The largest absolute Gasteiger partial charge is 0.490 e. The van der Waals surface area contributed by atoms with Crippen molar-refractivity contribution in [1.82, 2.24) is 4.90 Å². The third kappa shape index (κ3) is 3.77. The number of imide groups is 2. The fourth-order valence-corrected chi connectivity index (χ4v) is 3.14. The molecule has 1 aliphatic heterocycles. The summed E-state index contributed by atoms with van der Waals surface area (Å²) >= 11 is 11.9. The first-order valence-electron chi connectivity index (χ1n) is 8.14. The zero-order chi connectivity index (χ0) is 19.7. The molecule has 0 radical (unpaired) electrons. The molecule has 0 saturated carbocycles. The van der Waals surface area contributed by atoms with Crippen molar-refractivity contribution in [3.8, 4) is 5.75 Å². The Kier molecular flexibility index (Phi) is 5.39. The Bertz CT molecular complexity index is 945. The summed E-state index contributed by atoms with van der Waals surface area (Å²) < 4.78 is 5.50. The Morgan fingerprint density at radius 2 is 1.70 bits per heavy atom. The van der Waals surface area contributed by atoms with Gasteiger partial charge in [0, 0.05) is 11.1 Å². The van der Waals surface area contributed by atoms with Crippen LogP contribution in [0.25, 0.3) is 0 Å². The third-order valence-corrected chi connectivity index (χ3v) is 4.66. The minimum atomic E-state index is -0.888. The fraction of sp³-hybridized carbons (Fsp3) is 0.211. The van der Waals surface area contributed by atoms with Crippen LogP contribution >= 0.6 is 23.2 Å². The number of nitrogens with zero attached hydrogens (tertiary/aromatic N) is 2. The monoisotopic (exact) mass is 406 g/mol. The summed E-state index contributed by atoms with van der Waals surface area (Å²) in [5.74, 6) is -1.44. The van der Waals surface area contributed by atoms with Crippen molar-refractivity contribution in [2.24, 2.45) is 0 Å². The van der Waals surface area contributed by atoms with Gasteiger partial charge in [-0.2, -0.15) is 0 Å². The predicted molar refractivity (Wildman–Crippen MR) is 102 cm³/mol. The summed E-state index contributed by atoms with van der Waals surface area (Å²) in [6, 6.07) is 9.30. The molecule has 140 valence electrons. The Morgan fingerprint density at radius 1 is 0.963 bits per heavy atom. The lowest BCUT2D eigenvalue weighted by Crippen LogP contribution is -2.36. The van der Waals surface area contributed by atoms with Gasteiger partial charge in [0.1, 0.15) is 12.4 Å². The molecule has 6 nitrogen and oxygen atoms in total. The highest BCUT2D eigenvalue weighted by Crippen LogP contribution is 2.29. The lowest BCUT2D eigenvalue weighted by atomic mass is 10.1. The lowest BCUT2D eigenvalue weighted by molar-refractivity contribution is -0.139. The maximum atomic E-state index is 12.6. The average Bonchev–Trinajstić information content (AvgIpc) is 2.82. The molecule has 27 heavy (non-hydrogen) atoms. The number of carbonyl (C=O) groups is 3. The zero-order valence-electron chi connectivity index (χ0n) is 14.7. The van der Waals surface area contributed by atoms with Crippen LogP contribution in [0.1, 0.15) is 11.1 Å². The molecule has 0 N–H and O–H groups in total. The van der Waals surface area contributed by atoms with Crippen molar-refractivity contribution >= 4 is 46.7 Å². The molecule has 8 heteroatoms.